The van der Waals surface area contributed by atoms with Crippen LogP contribution in [0.5, 0.6) is 0 Å². The van der Waals surface area contributed by atoms with Gasteiger partial charge in [-0.25, -0.2) is 9.78 Å². The van der Waals surface area contributed by atoms with Crippen LogP contribution in [-0.2, 0) is 9.78 Å². The molecule has 0 saturated carbocycles. The maximum atomic E-state index is 5.55. The van der Waals surface area contributed by atoms with Gasteiger partial charge in [-0.3, -0.25) is 0 Å². The van der Waals surface area contributed by atoms with E-state index in [1.807, 2.05) is 24.3 Å². The van der Waals surface area contributed by atoms with Gasteiger partial charge in [0.2, 0.25) is 0 Å². The Morgan fingerprint density at radius 3 is 2.40 bits per heavy atom. The highest BCUT2D eigenvalue weighted by Gasteiger charge is 2.28. The van der Waals surface area contributed by atoms with Crippen molar-refractivity contribution in [3.63, 3.8) is 0 Å². The van der Waals surface area contributed by atoms with Crippen LogP contribution in [0.15, 0.2) is 66.7 Å². The van der Waals surface area contributed by atoms with E-state index in [2.05, 4.69) is 48.6 Å². The molecule has 98 valence electrons. The fourth-order valence-corrected chi connectivity index (χ4v) is 2.73. The Morgan fingerprint density at radius 2 is 1.50 bits per heavy atom. The average Bonchev–Trinajstić information content (AvgIpc) is 2.55. The third-order valence-corrected chi connectivity index (χ3v) is 3.75. The second-order valence-electron chi connectivity index (χ2n) is 5.01. The first-order valence-corrected chi connectivity index (χ1v) is 6.78. The van der Waals surface area contributed by atoms with E-state index in [4.69, 9.17) is 9.78 Å². The lowest BCUT2D eigenvalue weighted by molar-refractivity contribution is -0.330. The van der Waals surface area contributed by atoms with Gasteiger partial charge in [-0.05, 0) is 34.4 Å². The summed E-state index contributed by atoms with van der Waals surface area (Å²) in [6.45, 7) is 0. The maximum absolute atomic E-state index is 5.55. The first kappa shape index (κ1) is 11.6. The van der Waals surface area contributed by atoms with Crippen LogP contribution in [0.4, 0.5) is 0 Å². The molecule has 2 aliphatic rings. The predicted octanol–water partition coefficient (Wildman–Crippen LogP) is 4.17. The first-order chi connectivity index (χ1) is 9.92. The molecule has 20 heavy (non-hydrogen) atoms. The minimum Gasteiger partial charge on any atom is -0.223 e. The van der Waals surface area contributed by atoms with Crippen molar-refractivity contribution in [1.82, 2.24) is 0 Å². The van der Waals surface area contributed by atoms with Gasteiger partial charge in [0.25, 0.3) is 0 Å². The van der Waals surface area contributed by atoms with E-state index in [9.17, 15) is 0 Å². The summed E-state index contributed by atoms with van der Waals surface area (Å²) in [5.41, 5.74) is 4.74. The number of hydrogen-bond donors (Lipinski definition) is 0. The summed E-state index contributed by atoms with van der Waals surface area (Å²) >= 11 is 0. The largest absolute Gasteiger partial charge is 0.223 e. The molecule has 2 nitrogen and oxygen atoms in total. The zero-order valence-electron chi connectivity index (χ0n) is 10.9. The smallest absolute Gasteiger partial charge is 0.137 e. The van der Waals surface area contributed by atoms with Gasteiger partial charge < -0.3 is 0 Å². The molecule has 2 aromatic carbocycles. The quantitative estimate of drug-likeness (QED) is 0.718. The van der Waals surface area contributed by atoms with E-state index < -0.39 is 0 Å². The van der Waals surface area contributed by atoms with E-state index in [0.717, 1.165) is 5.56 Å². The molecular weight excluding hydrogens is 248 g/mol. The summed E-state index contributed by atoms with van der Waals surface area (Å²) in [5, 5.41) is 0. The second kappa shape index (κ2) is 4.75. The standard InChI is InChI=1S/C18H14O2/c1-2-7-14(8-3-1)18-12-16-15-9-5-4-6-13(15)10-11-17(16)19-20-18/h1-12,17-18H/t17-,18-/m0/s1. The molecule has 1 aliphatic carbocycles. The van der Waals surface area contributed by atoms with Crippen LogP contribution in [0.1, 0.15) is 22.8 Å². The second-order valence-corrected chi connectivity index (χ2v) is 5.01. The Bertz CT molecular complexity index is 686. The lowest BCUT2D eigenvalue weighted by atomic mass is 9.88. The molecule has 2 heteroatoms. The molecule has 0 fully saturated rings. The monoisotopic (exact) mass is 262 g/mol. The van der Waals surface area contributed by atoms with Crippen LogP contribution < -0.4 is 0 Å². The van der Waals surface area contributed by atoms with Gasteiger partial charge in [0, 0.05) is 0 Å². The number of rotatable bonds is 1. The molecule has 1 aliphatic heterocycles. The van der Waals surface area contributed by atoms with Crippen molar-refractivity contribution >= 4 is 11.6 Å². The van der Waals surface area contributed by atoms with Crippen LogP contribution >= 0.6 is 0 Å². The normalized spacial score (nSPS) is 23.7. The lowest BCUT2D eigenvalue weighted by Crippen LogP contribution is -2.23. The number of fused-ring (bicyclic) bond motifs is 3. The van der Waals surface area contributed by atoms with Crippen molar-refractivity contribution in [2.24, 2.45) is 0 Å². The summed E-state index contributed by atoms with van der Waals surface area (Å²) in [6.07, 6.45) is 6.02. The van der Waals surface area contributed by atoms with Gasteiger partial charge in [0.15, 0.2) is 0 Å². The van der Waals surface area contributed by atoms with Crippen LogP contribution in [0.3, 0.4) is 0 Å². The molecule has 1 heterocycles. The molecular formula is C18H14O2. The topological polar surface area (TPSA) is 18.5 Å². The fourth-order valence-electron chi connectivity index (χ4n) is 2.73. The third-order valence-electron chi connectivity index (χ3n) is 3.75. The Hall–Kier alpha value is -2.16. The summed E-state index contributed by atoms with van der Waals surface area (Å²) in [5.74, 6) is 0. The third kappa shape index (κ3) is 1.90. The van der Waals surface area contributed by atoms with Gasteiger partial charge in [0.1, 0.15) is 12.2 Å². The zero-order chi connectivity index (χ0) is 13.4. The highest BCUT2D eigenvalue weighted by atomic mass is 17.2. The van der Waals surface area contributed by atoms with Gasteiger partial charge in [-0.1, -0.05) is 60.7 Å². The van der Waals surface area contributed by atoms with Gasteiger partial charge in [0.05, 0.1) is 0 Å². The summed E-state index contributed by atoms with van der Waals surface area (Å²) in [4.78, 5) is 11.1. The highest BCUT2D eigenvalue weighted by molar-refractivity contribution is 5.82. The summed E-state index contributed by atoms with van der Waals surface area (Å²) < 4.78 is 0. The molecule has 0 bridgehead atoms. The molecule has 0 amide bonds. The maximum Gasteiger partial charge on any atom is 0.137 e. The summed E-state index contributed by atoms with van der Waals surface area (Å²) in [7, 11) is 0. The SMILES string of the molecule is C1=C[C@@H]2OO[C@H](c3ccccc3)C=C2c2ccccc21. The van der Waals surface area contributed by atoms with E-state index in [-0.39, 0.29) is 12.2 Å². The van der Waals surface area contributed by atoms with Crippen molar-refractivity contribution in [2.75, 3.05) is 0 Å². The predicted molar refractivity (Wildman–Crippen MR) is 78.6 cm³/mol. The van der Waals surface area contributed by atoms with Crippen molar-refractivity contribution in [3.8, 4) is 0 Å². The molecule has 0 spiro atoms. The zero-order valence-corrected chi connectivity index (χ0v) is 10.9. The Labute approximate surface area is 117 Å². The van der Waals surface area contributed by atoms with Crippen molar-refractivity contribution in [3.05, 3.63) is 83.4 Å². The average molecular weight is 262 g/mol. The van der Waals surface area contributed by atoms with E-state index >= 15 is 0 Å². The fraction of sp³-hybridized carbons (Fsp3) is 0.111. The van der Waals surface area contributed by atoms with Crippen LogP contribution in [0.25, 0.3) is 11.6 Å². The number of hydrogen-bond acceptors (Lipinski definition) is 2. The minimum atomic E-state index is -0.151. The minimum absolute atomic E-state index is 0.107. The molecule has 4 rings (SSSR count). The van der Waals surface area contributed by atoms with E-state index in [0.29, 0.717) is 0 Å². The molecule has 0 radical (unpaired) electrons. The number of benzene rings is 2. The molecule has 2 aromatic rings. The molecule has 0 aromatic heterocycles. The first-order valence-electron chi connectivity index (χ1n) is 6.78. The Morgan fingerprint density at radius 1 is 0.750 bits per heavy atom. The molecule has 0 saturated heterocycles. The molecule has 0 N–H and O–H groups in total. The van der Waals surface area contributed by atoms with E-state index in [1.165, 1.54) is 16.7 Å². The lowest BCUT2D eigenvalue weighted by Gasteiger charge is -2.29. The van der Waals surface area contributed by atoms with Gasteiger partial charge >= 0.3 is 0 Å². The van der Waals surface area contributed by atoms with Crippen molar-refractivity contribution in [1.29, 1.82) is 0 Å². The van der Waals surface area contributed by atoms with E-state index in [1.54, 1.807) is 0 Å². The van der Waals surface area contributed by atoms with Crippen LogP contribution in [0.2, 0.25) is 0 Å². The highest BCUT2D eigenvalue weighted by Crippen LogP contribution is 2.37. The molecule has 0 unspecified atom stereocenters. The van der Waals surface area contributed by atoms with Gasteiger partial charge in [-0.2, -0.15) is 0 Å². The van der Waals surface area contributed by atoms with Crippen molar-refractivity contribution in [2.45, 2.75) is 12.2 Å². The molecule has 2 atom stereocenters. The van der Waals surface area contributed by atoms with Gasteiger partial charge in [-0.15, -0.1) is 0 Å². The summed E-state index contributed by atoms with van der Waals surface area (Å²) in [6, 6.07) is 18.5. The Balaban J connectivity index is 1.79. The van der Waals surface area contributed by atoms with Crippen LogP contribution in [0, 0.1) is 0 Å². The van der Waals surface area contributed by atoms with Crippen molar-refractivity contribution < 1.29 is 9.78 Å². The Kier molecular flexibility index (Phi) is 2.76. The van der Waals surface area contributed by atoms with Crippen LogP contribution in [-0.4, -0.2) is 6.10 Å².